The van der Waals surface area contributed by atoms with Gasteiger partial charge in [0.05, 0.1) is 4.92 Å². The Balaban J connectivity index is 5.74. The normalized spacial score (nSPS) is 17.6. The second kappa shape index (κ2) is 3.94. The summed E-state index contributed by atoms with van der Waals surface area (Å²) in [6.07, 6.45) is -13.5. The molecule has 0 rings (SSSR count). The van der Waals surface area contributed by atoms with Crippen molar-refractivity contribution < 1.29 is 47.8 Å². The predicted molar refractivity (Wildman–Crippen MR) is 32.9 cm³/mol. The van der Waals surface area contributed by atoms with Crippen molar-refractivity contribution >= 4 is 10.5 Å². The van der Waals surface area contributed by atoms with Gasteiger partial charge in [0, 0.05) is 0 Å². The molecule has 0 radical (unpaired) electrons. The van der Waals surface area contributed by atoms with E-state index < -0.39 is 33.5 Å². The minimum Gasteiger partial charge on any atom is -0.261 e. The third-order valence-electron chi connectivity index (χ3n) is 1.22. The van der Waals surface area contributed by atoms with Gasteiger partial charge in [-0.05, 0) is 0 Å². The van der Waals surface area contributed by atoms with E-state index in [1.807, 2.05) is 4.18 Å². The van der Waals surface area contributed by atoms with Crippen LogP contribution in [0.1, 0.15) is 0 Å². The summed E-state index contributed by atoms with van der Waals surface area (Å²) in [5.41, 5.74) is 0. The van der Waals surface area contributed by atoms with Gasteiger partial charge in [-0.3, -0.25) is 10.1 Å². The van der Waals surface area contributed by atoms with Crippen LogP contribution in [0.2, 0.25) is 0 Å². The zero-order chi connectivity index (χ0) is 14.3. The first kappa shape index (κ1) is 15.8. The van der Waals surface area contributed by atoms with E-state index in [-0.39, 0.29) is 0 Å². The molecule has 0 aromatic heterocycles. The van der Waals surface area contributed by atoms with Crippen LogP contribution in [0, 0.1) is 10.1 Å². The summed E-state index contributed by atoms with van der Waals surface area (Å²) in [4.78, 5) is 6.45. The van der Waals surface area contributed by atoms with Gasteiger partial charge in [-0.1, -0.05) is 3.89 Å². The summed E-state index contributed by atoms with van der Waals surface area (Å²) in [6.45, 7) is 0. The van der Waals surface area contributed by atoms with E-state index >= 15 is 0 Å². The van der Waals surface area contributed by atoms with Gasteiger partial charge >= 0.3 is 28.6 Å². The molecule has 0 saturated carbocycles. The quantitative estimate of drug-likeness (QED) is 0.256. The van der Waals surface area contributed by atoms with E-state index in [2.05, 4.69) is 0 Å². The second-order valence-electron chi connectivity index (χ2n) is 2.37. The molecule has 1 unspecified atom stereocenters. The van der Waals surface area contributed by atoms with Crippen molar-refractivity contribution in [2.75, 3.05) is 0 Å². The van der Waals surface area contributed by atoms with Crippen molar-refractivity contribution in [2.45, 2.75) is 18.1 Å². The van der Waals surface area contributed by atoms with Gasteiger partial charge in [-0.15, -0.1) is 4.39 Å². The van der Waals surface area contributed by atoms with Crippen molar-refractivity contribution in [3.63, 3.8) is 0 Å². The molecule has 0 bridgehead atoms. The van der Waals surface area contributed by atoms with E-state index in [1.165, 1.54) is 0 Å². The lowest BCUT2D eigenvalue weighted by Gasteiger charge is -2.24. The second-order valence-corrected chi connectivity index (χ2v) is 3.32. The Kier molecular flexibility index (Phi) is 3.66. The van der Waals surface area contributed by atoms with Crippen molar-refractivity contribution in [3.05, 3.63) is 10.1 Å². The summed E-state index contributed by atoms with van der Waals surface area (Å²) >= 11 is 0. The number of hydrogen-bond acceptors (Lipinski definition) is 5. The zero-order valence-corrected chi connectivity index (χ0v) is 7.86. The molecule has 0 aliphatic carbocycles. The third kappa shape index (κ3) is 2.93. The molecule has 0 amide bonds. The standard InChI is InChI=1S/C3F7NO5S/c4-1(11(12)13,2(5,6)7)3(8,9)16-17(10,14)15. The smallest absolute Gasteiger partial charge is 0.261 e. The van der Waals surface area contributed by atoms with E-state index in [0.29, 0.717) is 0 Å². The first-order valence-corrected chi connectivity index (χ1v) is 4.39. The summed E-state index contributed by atoms with van der Waals surface area (Å²) in [6, 6.07) is 0. The summed E-state index contributed by atoms with van der Waals surface area (Å²) in [5, 5.41) is 9.63. The lowest BCUT2D eigenvalue weighted by Crippen LogP contribution is -2.62. The molecule has 0 aliphatic rings. The maximum Gasteiger partial charge on any atom is 0.543 e. The van der Waals surface area contributed by atoms with Gasteiger partial charge in [0.1, 0.15) is 0 Å². The van der Waals surface area contributed by atoms with Crippen LogP contribution < -0.4 is 0 Å². The SMILES string of the molecule is O=[N+]([O-])C(F)(C(F)(F)F)C(F)(F)OS(=O)(=O)F. The molecule has 1 atom stereocenters. The van der Waals surface area contributed by atoms with Gasteiger partial charge < -0.3 is 0 Å². The molecular formula is C3F7NO5S. The number of alkyl halides is 6. The van der Waals surface area contributed by atoms with Crippen molar-refractivity contribution in [2.24, 2.45) is 0 Å². The molecule has 0 aromatic rings. The van der Waals surface area contributed by atoms with Gasteiger partial charge in [0.25, 0.3) is 0 Å². The topological polar surface area (TPSA) is 86.5 Å². The Bertz CT molecular complexity index is 416. The number of nitrogens with zero attached hydrogens (tertiary/aromatic N) is 1. The summed E-state index contributed by atoms with van der Waals surface area (Å²) in [7, 11) is -6.75. The Hall–Kier alpha value is -1.18. The van der Waals surface area contributed by atoms with Crippen LogP contribution in [-0.2, 0) is 14.7 Å². The maximum absolute atomic E-state index is 12.6. The molecule has 0 aromatic carbocycles. The van der Waals surface area contributed by atoms with Crippen LogP contribution >= 0.6 is 0 Å². The van der Waals surface area contributed by atoms with Crippen LogP contribution in [0.15, 0.2) is 0 Å². The number of rotatable bonds is 4. The maximum atomic E-state index is 12.6. The molecule has 0 aliphatic heterocycles. The molecular weight excluding hydrogens is 295 g/mol. The fourth-order valence-corrected chi connectivity index (χ4v) is 0.915. The molecule has 0 spiro atoms. The molecule has 6 nitrogen and oxygen atoms in total. The highest BCUT2D eigenvalue weighted by atomic mass is 32.3. The van der Waals surface area contributed by atoms with Crippen LogP contribution in [0.5, 0.6) is 0 Å². The minimum atomic E-state index is -6.84. The molecule has 102 valence electrons. The largest absolute Gasteiger partial charge is 0.543 e. The van der Waals surface area contributed by atoms with E-state index in [4.69, 9.17) is 0 Å². The van der Waals surface area contributed by atoms with Crippen molar-refractivity contribution in [1.29, 1.82) is 0 Å². The number of hydrogen-bond donors (Lipinski definition) is 0. The zero-order valence-electron chi connectivity index (χ0n) is 7.04. The van der Waals surface area contributed by atoms with Crippen molar-refractivity contribution in [1.82, 2.24) is 0 Å². The van der Waals surface area contributed by atoms with Gasteiger partial charge in [0.2, 0.25) is 0 Å². The highest BCUT2D eigenvalue weighted by Gasteiger charge is 2.85. The van der Waals surface area contributed by atoms with Crippen molar-refractivity contribution in [3.8, 4) is 0 Å². The average Bonchev–Trinajstić information content (AvgIpc) is 1.94. The van der Waals surface area contributed by atoms with Gasteiger partial charge in [0.15, 0.2) is 0 Å². The molecule has 17 heavy (non-hydrogen) atoms. The first-order chi connectivity index (χ1) is 7.15. The van der Waals surface area contributed by atoms with Gasteiger partial charge in [-0.25, -0.2) is 0 Å². The van der Waals surface area contributed by atoms with E-state index in [9.17, 15) is 48.8 Å². The van der Waals surface area contributed by atoms with Crippen LogP contribution in [0.25, 0.3) is 0 Å². The highest BCUT2D eigenvalue weighted by Crippen LogP contribution is 2.46. The van der Waals surface area contributed by atoms with Crippen LogP contribution in [-0.4, -0.2) is 31.4 Å². The predicted octanol–water partition coefficient (Wildman–Crippen LogP) is 1.31. The van der Waals surface area contributed by atoms with E-state index in [1.54, 1.807) is 0 Å². The molecule has 0 saturated heterocycles. The number of nitro groups is 1. The Labute approximate surface area is 87.5 Å². The average molecular weight is 295 g/mol. The fraction of sp³-hybridized carbons (Fsp3) is 1.00. The lowest BCUT2D eigenvalue weighted by atomic mass is 10.2. The third-order valence-corrected chi connectivity index (χ3v) is 1.63. The monoisotopic (exact) mass is 295 g/mol. The lowest BCUT2D eigenvalue weighted by molar-refractivity contribution is -0.692. The Morgan fingerprint density at radius 2 is 1.41 bits per heavy atom. The fourth-order valence-electron chi connectivity index (χ4n) is 0.555. The summed E-state index contributed by atoms with van der Waals surface area (Å²) in [5.74, 6) is -6.61. The molecule has 0 heterocycles. The Morgan fingerprint density at radius 3 is 1.59 bits per heavy atom. The minimum absolute atomic E-state index is 1.81. The Morgan fingerprint density at radius 1 is 1.06 bits per heavy atom. The molecule has 0 fully saturated rings. The highest BCUT2D eigenvalue weighted by molar-refractivity contribution is 7.81. The van der Waals surface area contributed by atoms with Gasteiger partial charge in [-0.2, -0.15) is 34.6 Å². The van der Waals surface area contributed by atoms with Crippen LogP contribution in [0.3, 0.4) is 0 Å². The number of halogens is 7. The summed E-state index contributed by atoms with van der Waals surface area (Å²) < 4.78 is 105. The van der Waals surface area contributed by atoms with E-state index in [0.717, 1.165) is 0 Å². The first-order valence-electron chi connectivity index (χ1n) is 3.08. The van der Waals surface area contributed by atoms with Crippen LogP contribution in [0.4, 0.5) is 30.2 Å². The molecule has 0 N–H and O–H groups in total. The molecule has 14 heteroatoms.